The van der Waals surface area contributed by atoms with Crippen LogP contribution in [0.15, 0.2) is 18.2 Å². The predicted octanol–water partition coefficient (Wildman–Crippen LogP) is 3.73. The lowest BCUT2D eigenvalue weighted by Gasteiger charge is -2.19. The Kier molecular flexibility index (Phi) is 6.74. The first-order valence-electron chi connectivity index (χ1n) is 4.67. The molecule has 0 radical (unpaired) electrons. The topological polar surface area (TPSA) is 46.2 Å². The van der Waals surface area contributed by atoms with Gasteiger partial charge in [0.25, 0.3) is 0 Å². The van der Waals surface area contributed by atoms with Crippen LogP contribution in [0.4, 0.5) is 13.2 Å². The van der Waals surface area contributed by atoms with Gasteiger partial charge in [-0.3, -0.25) is 0 Å². The second-order valence-corrected chi connectivity index (χ2v) is 4.39. The molecule has 0 aliphatic rings. The highest BCUT2D eigenvalue weighted by molar-refractivity contribution is 6.42. The molecule has 104 valence electrons. The molecule has 0 bridgehead atoms. The van der Waals surface area contributed by atoms with Crippen molar-refractivity contribution in [2.24, 2.45) is 5.73 Å². The highest BCUT2D eigenvalue weighted by atomic mass is 35.5. The van der Waals surface area contributed by atoms with Gasteiger partial charge in [0, 0.05) is 6.42 Å². The fraction of sp³-hybridized carbons (Fsp3) is 0.400. The molecule has 1 aromatic carbocycles. The maximum Gasteiger partial charge on any atom is 0.403 e. The minimum atomic E-state index is -4.53. The van der Waals surface area contributed by atoms with Crippen molar-refractivity contribution < 1.29 is 18.3 Å². The van der Waals surface area contributed by atoms with E-state index < -0.39 is 24.7 Å². The molecule has 0 spiro atoms. The van der Waals surface area contributed by atoms with E-state index in [-0.39, 0.29) is 28.0 Å². The summed E-state index contributed by atoms with van der Waals surface area (Å²) in [5.41, 5.74) is 5.16. The number of rotatable bonds is 3. The minimum Gasteiger partial charge on any atom is -0.388 e. The van der Waals surface area contributed by atoms with E-state index in [1.165, 1.54) is 18.2 Å². The molecule has 0 unspecified atom stereocenters. The smallest absolute Gasteiger partial charge is 0.388 e. The van der Waals surface area contributed by atoms with E-state index in [0.29, 0.717) is 0 Å². The maximum absolute atomic E-state index is 12.2. The summed E-state index contributed by atoms with van der Waals surface area (Å²) in [6, 6.07) is 2.05. The van der Waals surface area contributed by atoms with Gasteiger partial charge in [0.1, 0.15) is 6.04 Å². The summed E-state index contributed by atoms with van der Waals surface area (Å²) < 4.78 is 36.6. The molecular formula is C10H11Cl3F3NO. The predicted molar refractivity (Wildman–Crippen MR) is 67.3 cm³/mol. The van der Waals surface area contributed by atoms with Crippen LogP contribution in [0.25, 0.3) is 0 Å². The first-order chi connectivity index (χ1) is 7.71. The van der Waals surface area contributed by atoms with Crippen molar-refractivity contribution in [1.29, 1.82) is 0 Å². The van der Waals surface area contributed by atoms with Crippen molar-refractivity contribution in [2.45, 2.75) is 24.7 Å². The zero-order chi connectivity index (χ0) is 13.2. The number of nitrogens with two attached hydrogens (primary N) is 1. The number of benzene rings is 1. The Morgan fingerprint density at radius 3 is 2.22 bits per heavy atom. The Hall–Kier alpha value is -0.200. The van der Waals surface area contributed by atoms with E-state index in [0.717, 1.165) is 0 Å². The van der Waals surface area contributed by atoms with Crippen molar-refractivity contribution in [3.8, 4) is 0 Å². The fourth-order valence-corrected chi connectivity index (χ4v) is 1.54. The summed E-state index contributed by atoms with van der Waals surface area (Å²) in [7, 11) is 0. The Labute approximate surface area is 118 Å². The van der Waals surface area contributed by atoms with Crippen molar-refractivity contribution >= 4 is 35.6 Å². The molecule has 0 aliphatic heterocycles. The molecule has 0 amide bonds. The lowest BCUT2D eigenvalue weighted by molar-refractivity contribution is -0.153. The van der Waals surface area contributed by atoms with Gasteiger partial charge in [-0.2, -0.15) is 13.2 Å². The minimum absolute atomic E-state index is 0. The molecule has 8 heteroatoms. The average Bonchev–Trinajstić information content (AvgIpc) is 2.20. The highest BCUT2D eigenvalue weighted by Crippen LogP contribution is 2.30. The zero-order valence-corrected chi connectivity index (χ0v) is 11.2. The SMILES string of the molecule is Cl.N[C@@H](C[C@H](O)c1ccc(Cl)c(Cl)c1)C(F)(F)F. The molecule has 0 fully saturated rings. The van der Waals surface area contributed by atoms with Gasteiger partial charge in [-0.15, -0.1) is 12.4 Å². The number of aliphatic hydroxyl groups excluding tert-OH is 1. The van der Waals surface area contributed by atoms with Crippen LogP contribution in [-0.4, -0.2) is 17.3 Å². The number of hydrogen-bond acceptors (Lipinski definition) is 2. The Morgan fingerprint density at radius 2 is 1.78 bits per heavy atom. The summed E-state index contributed by atoms with van der Waals surface area (Å²) in [6.07, 6.45) is -6.49. The average molecular weight is 325 g/mol. The molecule has 0 aliphatic carbocycles. The standard InChI is InChI=1S/C10H10Cl2F3NO.ClH/c11-6-2-1-5(3-7(6)12)8(17)4-9(16)10(13,14)15;/h1-3,8-9,17H,4,16H2;1H/t8-,9-;/m0./s1. The van der Waals surface area contributed by atoms with E-state index in [9.17, 15) is 18.3 Å². The first kappa shape index (κ1) is 17.8. The van der Waals surface area contributed by atoms with Crippen molar-refractivity contribution in [3.05, 3.63) is 33.8 Å². The van der Waals surface area contributed by atoms with Crippen LogP contribution >= 0.6 is 35.6 Å². The molecule has 3 N–H and O–H groups in total. The van der Waals surface area contributed by atoms with E-state index in [1.54, 1.807) is 0 Å². The van der Waals surface area contributed by atoms with E-state index in [4.69, 9.17) is 28.9 Å². The van der Waals surface area contributed by atoms with Crippen LogP contribution in [0.3, 0.4) is 0 Å². The third kappa shape index (κ3) is 4.82. The normalized spacial score (nSPS) is 14.8. The molecule has 0 saturated carbocycles. The van der Waals surface area contributed by atoms with E-state index >= 15 is 0 Å². The van der Waals surface area contributed by atoms with Crippen molar-refractivity contribution in [1.82, 2.24) is 0 Å². The Bertz CT molecular complexity index is 400. The molecule has 2 nitrogen and oxygen atoms in total. The summed E-state index contributed by atoms with van der Waals surface area (Å²) in [5, 5.41) is 10.0. The summed E-state index contributed by atoms with van der Waals surface area (Å²) in [5.74, 6) is 0. The molecule has 1 rings (SSSR count). The largest absolute Gasteiger partial charge is 0.403 e. The summed E-state index contributed by atoms with van der Waals surface area (Å²) in [4.78, 5) is 0. The Balaban J connectivity index is 0.00000289. The van der Waals surface area contributed by atoms with Gasteiger partial charge in [0.05, 0.1) is 16.1 Å². The van der Waals surface area contributed by atoms with Crippen molar-refractivity contribution in [3.63, 3.8) is 0 Å². The second kappa shape index (κ2) is 6.82. The summed E-state index contributed by atoms with van der Waals surface area (Å²) >= 11 is 11.3. The lowest BCUT2D eigenvalue weighted by atomic mass is 10.0. The first-order valence-corrected chi connectivity index (χ1v) is 5.42. The van der Waals surface area contributed by atoms with Crippen LogP contribution in [-0.2, 0) is 0 Å². The number of aliphatic hydroxyl groups is 1. The number of halogens is 6. The van der Waals surface area contributed by atoms with Gasteiger partial charge in [0.2, 0.25) is 0 Å². The van der Waals surface area contributed by atoms with Gasteiger partial charge in [0.15, 0.2) is 0 Å². The second-order valence-electron chi connectivity index (χ2n) is 3.57. The molecule has 0 aromatic heterocycles. The van der Waals surface area contributed by atoms with Crippen LogP contribution in [0.5, 0.6) is 0 Å². The Morgan fingerprint density at radius 1 is 1.22 bits per heavy atom. The molecule has 0 heterocycles. The van der Waals surface area contributed by atoms with Crippen LogP contribution in [0.2, 0.25) is 10.0 Å². The quantitative estimate of drug-likeness (QED) is 0.890. The number of hydrogen-bond donors (Lipinski definition) is 2. The van der Waals surface area contributed by atoms with Crippen LogP contribution in [0.1, 0.15) is 18.1 Å². The molecule has 18 heavy (non-hydrogen) atoms. The van der Waals surface area contributed by atoms with Gasteiger partial charge in [-0.1, -0.05) is 29.3 Å². The van der Waals surface area contributed by atoms with Crippen LogP contribution in [0, 0.1) is 0 Å². The van der Waals surface area contributed by atoms with Crippen LogP contribution < -0.4 is 5.73 Å². The molecular weight excluding hydrogens is 313 g/mol. The van der Waals surface area contributed by atoms with Gasteiger partial charge in [-0.05, 0) is 17.7 Å². The zero-order valence-electron chi connectivity index (χ0n) is 8.92. The number of alkyl halides is 3. The van der Waals surface area contributed by atoms with Gasteiger partial charge >= 0.3 is 6.18 Å². The highest BCUT2D eigenvalue weighted by Gasteiger charge is 2.37. The van der Waals surface area contributed by atoms with E-state index in [1.807, 2.05) is 0 Å². The lowest BCUT2D eigenvalue weighted by Crippen LogP contribution is -2.38. The van der Waals surface area contributed by atoms with Gasteiger partial charge < -0.3 is 10.8 Å². The van der Waals surface area contributed by atoms with Gasteiger partial charge in [-0.25, -0.2) is 0 Å². The maximum atomic E-state index is 12.2. The fourth-order valence-electron chi connectivity index (χ4n) is 1.23. The molecule has 1 aromatic rings. The molecule has 0 saturated heterocycles. The monoisotopic (exact) mass is 323 g/mol. The van der Waals surface area contributed by atoms with E-state index in [2.05, 4.69) is 0 Å². The summed E-state index contributed by atoms with van der Waals surface area (Å²) in [6.45, 7) is 0. The van der Waals surface area contributed by atoms with Crippen molar-refractivity contribution in [2.75, 3.05) is 0 Å². The third-order valence-corrected chi connectivity index (χ3v) is 2.97. The third-order valence-electron chi connectivity index (χ3n) is 2.23. The molecule has 2 atom stereocenters.